The molecule has 2 aromatic rings. The summed E-state index contributed by atoms with van der Waals surface area (Å²) in [5.74, 6) is 0.137. The number of hydrogen-bond donors (Lipinski definition) is 1. The van der Waals surface area contributed by atoms with Gasteiger partial charge in [-0.05, 0) is 13.8 Å². The van der Waals surface area contributed by atoms with E-state index >= 15 is 0 Å². The first-order valence-electron chi connectivity index (χ1n) is 5.05. The molecule has 0 aliphatic rings. The van der Waals surface area contributed by atoms with E-state index < -0.39 is 6.04 Å². The number of nitrogens with zero attached hydrogens (tertiary/aromatic N) is 3. The summed E-state index contributed by atoms with van der Waals surface area (Å²) in [6.45, 7) is 3.46. The second-order valence-electron chi connectivity index (χ2n) is 3.56. The minimum atomic E-state index is -0.507. The zero-order chi connectivity index (χ0) is 12.4. The van der Waals surface area contributed by atoms with Gasteiger partial charge in [-0.2, -0.15) is 4.98 Å². The van der Waals surface area contributed by atoms with Crippen LogP contribution in [0, 0.1) is 6.92 Å². The van der Waals surface area contributed by atoms with E-state index in [1.807, 2.05) is 0 Å². The Hall–Kier alpha value is -2.18. The van der Waals surface area contributed by atoms with E-state index in [9.17, 15) is 4.79 Å². The third-order valence-electron chi connectivity index (χ3n) is 2.35. The number of carbonyl (C=O) groups excluding carboxylic acids is 1. The molecule has 90 valence electrons. The molecular formula is C10H12N4O3. The van der Waals surface area contributed by atoms with Crippen LogP contribution in [-0.2, 0) is 9.53 Å². The van der Waals surface area contributed by atoms with E-state index in [-0.39, 0.29) is 5.97 Å². The standard InChI is InChI=1S/C10H12N4O3/c1-5-7-8(13-6(2)10(15)16-3)11-4-12-9(7)17-14-5/h4,6H,1-3H3,(H,11,12,13)/t6-/m0/s1. The van der Waals surface area contributed by atoms with Gasteiger partial charge in [-0.25, -0.2) is 9.78 Å². The molecular weight excluding hydrogens is 224 g/mol. The molecule has 0 bridgehead atoms. The van der Waals surface area contributed by atoms with Crippen LogP contribution in [0.4, 0.5) is 5.82 Å². The fourth-order valence-electron chi connectivity index (χ4n) is 1.47. The molecule has 0 saturated heterocycles. The number of nitrogens with one attached hydrogen (secondary N) is 1. The molecule has 1 N–H and O–H groups in total. The number of ether oxygens (including phenoxy) is 1. The van der Waals surface area contributed by atoms with Crippen molar-refractivity contribution in [2.45, 2.75) is 19.9 Å². The average molecular weight is 236 g/mol. The second-order valence-corrected chi connectivity index (χ2v) is 3.56. The maximum atomic E-state index is 11.3. The van der Waals surface area contributed by atoms with Crippen LogP contribution in [0.1, 0.15) is 12.6 Å². The first kappa shape index (κ1) is 11.3. The Balaban J connectivity index is 2.35. The van der Waals surface area contributed by atoms with Crippen molar-refractivity contribution in [2.24, 2.45) is 0 Å². The lowest BCUT2D eigenvalue weighted by atomic mass is 10.2. The number of hydrogen-bond acceptors (Lipinski definition) is 7. The summed E-state index contributed by atoms with van der Waals surface area (Å²) in [7, 11) is 1.33. The summed E-state index contributed by atoms with van der Waals surface area (Å²) in [4.78, 5) is 19.3. The van der Waals surface area contributed by atoms with Crippen molar-refractivity contribution in [1.29, 1.82) is 0 Å². The third-order valence-corrected chi connectivity index (χ3v) is 2.35. The number of rotatable bonds is 3. The van der Waals surface area contributed by atoms with Gasteiger partial charge in [0, 0.05) is 0 Å². The summed E-state index contributed by atoms with van der Waals surface area (Å²) in [6.07, 6.45) is 1.35. The highest BCUT2D eigenvalue weighted by atomic mass is 16.5. The van der Waals surface area contributed by atoms with E-state index in [0.717, 1.165) is 0 Å². The summed E-state index contributed by atoms with van der Waals surface area (Å²) < 4.78 is 9.62. The van der Waals surface area contributed by atoms with Crippen LogP contribution in [0.15, 0.2) is 10.9 Å². The predicted octanol–water partition coefficient (Wildman–Crippen LogP) is 0.900. The lowest BCUT2D eigenvalue weighted by molar-refractivity contribution is -0.141. The third kappa shape index (κ3) is 2.03. The fourth-order valence-corrected chi connectivity index (χ4v) is 1.47. The van der Waals surface area contributed by atoms with Crippen molar-refractivity contribution in [3.8, 4) is 0 Å². The Morgan fingerprint density at radius 3 is 3.00 bits per heavy atom. The van der Waals surface area contributed by atoms with Gasteiger partial charge in [-0.15, -0.1) is 0 Å². The molecule has 2 rings (SSSR count). The van der Waals surface area contributed by atoms with Crippen LogP contribution in [0.25, 0.3) is 11.1 Å². The molecule has 7 nitrogen and oxygen atoms in total. The predicted molar refractivity (Wildman–Crippen MR) is 59.4 cm³/mol. The van der Waals surface area contributed by atoms with E-state index in [0.29, 0.717) is 22.6 Å². The maximum absolute atomic E-state index is 11.3. The minimum absolute atomic E-state index is 0.370. The molecule has 0 saturated carbocycles. The molecule has 0 fully saturated rings. The van der Waals surface area contributed by atoms with Gasteiger partial charge in [0.15, 0.2) is 0 Å². The Bertz CT molecular complexity index is 551. The Morgan fingerprint density at radius 2 is 2.29 bits per heavy atom. The molecule has 17 heavy (non-hydrogen) atoms. The van der Waals surface area contributed by atoms with E-state index in [2.05, 4.69) is 25.2 Å². The molecule has 0 amide bonds. The Kier molecular flexibility index (Phi) is 2.90. The zero-order valence-corrected chi connectivity index (χ0v) is 9.72. The number of aryl methyl sites for hydroxylation is 1. The lowest BCUT2D eigenvalue weighted by Crippen LogP contribution is -2.27. The van der Waals surface area contributed by atoms with Gasteiger partial charge in [0.25, 0.3) is 5.71 Å². The van der Waals surface area contributed by atoms with Gasteiger partial charge in [-0.3, -0.25) is 0 Å². The van der Waals surface area contributed by atoms with Gasteiger partial charge >= 0.3 is 5.97 Å². The van der Waals surface area contributed by atoms with Gasteiger partial charge in [0.05, 0.1) is 12.8 Å². The van der Waals surface area contributed by atoms with Crippen LogP contribution in [0.5, 0.6) is 0 Å². The topological polar surface area (TPSA) is 90.1 Å². The van der Waals surface area contributed by atoms with E-state index in [1.54, 1.807) is 13.8 Å². The number of anilines is 1. The van der Waals surface area contributed by atoms with Crippen molar-refractivity contribution in [1.82, 2.24) is 15.1 Å². The van der Waals surface area contributed by atoms with Crippen molar-refractivity contribution in [3.05, 3.63) is 12.0 Å². The quantitative estimate of drug-likeness (QED) is 0.791. The summed E-state index contributed by atoms with van der Waals surface area (Å²) in [5, 5.41) is 7.40. The fraction of sp³-hybridized carbons (Fsp3) is 0.400. The van der Waals surface area contributed by atoms with Crippen molar-refractivity contribution in [3.63, 3.8) is 0 Å². The smallest absolute Gasteiger partial charge is 0.328 e. The Morgan fingerprint density at radius 1 is 1.53 bits per heavy atom. The molecule has 7 heteroatoms. The normalized spacial score (nSPS) is 12.4. The highest BCUT2D eigenvalue weighted by Crippen LogP contribution is 2.22. The first-order chi connectivity index (χ1) is 8.13. The van der Waals surface area contributed by atoms with Crippen LogP contribution in [-0.4, -0.2) is 34.2 Å². The van der Waals surface area contributed by atoms with Crippen LogP contribution < -0.4 is 5.32 Å². The van der Waals surface area contributed by atoms with E-state index in [4.69, 9.17) is 4.52 Å². The molecule has 0 spiro atoms. The SMILES string of the molecule is COC(=O)[C@H](C)Nc1ncnc2onc(C)c12. The summed E-state index contributed by atoms with van der Waals surface area (Å²) in [6, 6.07) is -0.507. The average Bonchev–Trinajstić information content (AvgIpc) is 2.71. The van der Waals surface area contributed by atoms with Crippen LogP contribution in [0.3, 0.4) is 0 Å². The molecule has 0 unspecified atom stereocenters. The number of esters is 1. The van der Waals surface area contributed by atoms with Gasteiger partial charge in [0.1, 0.15) is 23.6 Å². The minimum Gasteiger partial charge on any atom is -0.467 e. The molecule has 0 radical (unpaired) electrons. The van der Waals surface area contributed by atoms with Gasteiger partial charge in [-0.1, -0.05) is 5.16 Å². The number of aromatic nitrogens is 3. The van der Waals surface area contributed by atoms with Crippen molar-refractivity contribution >= 4 is 22.9 Å². The Labute approximate surface area is 97.2 Å². The molecule has 0 aliphatic carbocycles. The van der Waals surface area contributed by atoms with Crippen molar-refractivity contribution in [2.75, 3.05) is 12.4 Å². The second kappa shape index (κ2) is 4.36. The monoisotopic (exact) mass is 236 g/mol. The maximum Gasteiger partial charge on any atom is 0.328 e. The lowest BCUT2D eigenvalue weighted by Gasteiger charge is -2.12. The molecule has 2 aromatic heterocycles. The molecule has 0 aliphatic heterocycles. The number of fused-ring (bicyclic) bond motifs is 1. The van der Waals surface area contributed by atoms with Crippen molar-refractivity contribution < 1.29 is 14.1 Å². The van der Waals surface area contributed by atoms with Crippen LogP contribution in [0.2, 0.25) is 0 Å². The highest BCUT2D eigenvalue weighted by molar-refractivity contribution is 5.89. The molecule has 1 atom stereocenters. The first-order valence-corrected chi connectivity index (χ1v) is 5.05. The van der Waals surface area contributed by atoms with Gasteiger partial charge < -0.3 is 14.6 Å². The summed E-state index contributed by atoms with van der Waals surface area (Å²) in [5.41, 5.74) is 1.05. The summed E-state index contributed by atoms with van der Waals surface area (Å²) >= 11 is 0. The number of carbonyl (C=O) groups is 1. The molecule has 2 heterocycles. The highest BCUT2D eigenvalue weighted by Gasteiger charge is 2.17. The largest absolute Gasteiger partial charge is 0.467 e. The van der Waals surface area contributed by atoms with Crippen LogP contribution >= 0.6 is 0 Å². The molecule has 0 aromatic carbocycles. The number of methoxy groups -OCH3 is 1. The van der Waals surface area contributed by atoms with E-state index in [1.165, 1.54) is 13.4 Å². The zero-order valence-electron chi connectivity index (χ0n) is 9.72. The van der Waals surface area contributed by atoms with Gasteiger partial charge in [0.2, 0.25) is 0 Å².